The van der Waals surface area contributed by atoms with E-state index in [2.05, 4.69) is 21.0 Å². The molecule has 0 bridgehead atoms. The summed E-state index contributed by atoms with van der Waals surface area (Å²) in [5.74, 6) is -0.481. The lowest BCUT2D eigenvalue weighted by Gasteiger charge is -2.01. The van der Waals surface area contributed by atoms with Crippen LogP contribution in [0.25, 0.3) is 5.69 Å². The van der Waals surface area contributed by atoms with Crippen LogP contribution in [0.5, 0.6) is 0 Å². The van der Waals surface area contributed by atoms with Crippen LogP contribution in [-0.2, 0) is 16.1 Å². The SMILES string of the molecule is CCOC(=O)Cn1ncn(-c2ccc(Br)cc2)c1=O. The second-order valence-corrected chi connectivity index (χ2v) is 4.64. The number of hydrogen-bond donors (Lipinski definition) is 0. The molecule has 1 heterocycles. The molecule has 0 radical (unpaired) electrons. The van der Waals surface area contributed by atoms with E-state index in [1.54, 1.807) is 19.1 Å². The minimum atomic E-state index is -0.481. The smallest absolute Gasteiger partial charge is 0.350 e. The highest BCUT2D eigenvalue weighted by Gasteiger charge is 2.10. The van der Waals surface area contributed by atoms with Gasteiger partial charge in [-0.1, -0.05) is 15.9 Å². The van der Waals surface area contributed by atoms with E-state index in [9.17, 15) is 9.59 Å². The monoisotopic (exact) mass is 325 g/mol. The fourth-order valence-corrected chi connectivity index (χ4v) is 1.82. The van der Waals surface area contributed by atoms with Crippen LogP contribution < -0.4 is 5.69 Å². The van der Waals surface area contributed by atoms with Crippen molar-refractivity contribution in [1.29, 1.82) is 0 Å². The van der Waals surface area contributed by atoms with Crippen LogP contribution in [0.1, 0.15) is 6.92 Å². The first-order valence-electron chi connectivity index (χ1n) is 5.68. The van der Waals surface area contributed by atoms with E-state index in [4.69, 9.17) is 4.74 Å². The maximum Gasteiger partial charge on any atom is 0.350 e. The predicted molar refractivity (Wildman–Crippen MR) is 72.2 cm³/mol. The molecule has 0 aliphatic rings. The number of esters is 1. The van der Waals surface area contributed by atoms with Crippen molar-refractivity contribution in [3.63, 3.8) is 0 Å². The van der Waals surface area contributed by atoms with Crippen molar-refractivity contribution in [3.8, 4) is 5.69 Å². The Kier molecular flexibility index (Phi) is 4.16. The third-order valence-corrected chi connectivity index (χ3v) is 2.95. The molecule has 0 aliphatic carbocycles. The molecule has 19 heavy (non-hydrogen) atoms. The standard InChI is InChI=1S/C12H12BrN3O3/c1-2-19-11(17)7-16-12(18)15(8-14-16)10-5-3-9(13)4-6-10/h3-6,8H,2,7H2,1H3. The number of carbonyl (C=O) groups excluding carboxylic acids is 1. The zero-order valence-electron chi connectivity index (χ0n) is 10.2. The number of halogens is 1. The van der Waals surface area contributed by atoms with Crippen LogP contribution in [0.15, 0.2) is 39.9 Å². The molecule has 1 aromatic heterocycles. The summed E-state index contributed by atoms with van der Waals surface area (Å²) in [6, 6.07) is 7.21. The lowest BCUT2D eigenvalue weighted by molar-refractivity contribution is -0.144. The summed E-state index contributed by atoms with van der Waals surface area (Å²) in [5.41, 5.74) is 0.304. The van der Waals surface area contributed by atoms with Crippen molar-refractivity contribution in [3.05, 3.63) is 45.5 Å². The predicted octanol–water partition coefficient (Wildman–Crippen LogP) is 1.36. The normalized spacial score (nSPS) is 10.4. The van der Waals surface area contributed by atoms with Gasteiger partial charge >= 0.3 is 11.7 Å². The number of carbonyl (C=O) groups is 1. The fourth-order valence-electron chi connectivity index (χ4n) is 1.55. The molecule has 0 N–H and O–H groups in total. The van der Waals surface area contributed by atoms with Gasteiger partial charge in [-0.15, -0.1) is 0 Å². The van der Waals surface area contributed by atoms with Crippen molar-refractivity contribution in [1.82, 2.24) is 14.3 Å². The highest BCUT2D eigenvalue weighted by molar-refractivity contribution is 9.10. The van der Waals surface area contributed by atoms with E-state index in [0.717, 1.165) is 9.15 Å². The summed E-state index contributed by atoms with van der Waals surface area (Å²) in [4.78, 5) is 23.4. The average molecular weight is 326 g/mol. The molecule has 2 rings (SSSR count). The van der Waals surface area contributed by atoms with Gasteiger partial charge in [0.25, 0.3) is 0 Å². The van der Waals surface area contributed by atoms with Crippen molar-refractivity contribution in [2.24, 2.45) is 0 Å². The molecule has 0 unspecified atom stereocenters. The van der Waals surface area contributed by atoms with Crippen LogP contribution in [0.3, 0.4) is 0 Å². The van der Waals surface area contributed by atoms with Gasteiger partial charge in [0, 0.05) is 4.47 Å². The van der Waals surface area contributed by atoms with Gasteiger partial charge in [-0.05, 0) is 31.2 Å². The third kappa shape index (κ3) is 3.11. The van der Waals surface area contributed by atoms with Gasteiger partial charge in [-0.25, -0.2) is 14.0 Å². The van der Waals surface area contributed by atoms with Crippen molar-refractivity contribution in [2.45, 2.75) is 13.5 Å². The Morgan fingerprint density at radius 3 is 2.68 bits per heavy atom. The second-order valence-electron chi connectivity index (χ2n) is 3.72. The van der Waals surface area contributed by atoms with Gasteiger partial charge in [0.1, 0.15) is 12.9 Å². The summed E-state index contributed by atoms with van der Waals surface area (Å²) in [6.45, 7) is 1.80. The minimum Gasteiger partial charge on any atom is -0.465 e. The van der Waals surface area contributed by atoms with Gasteiger partial charge < -0.3 is 4.74 Å². The van der Waals surface area contributed by atoms with Crippen LogP contribution in [0.2, 0.25) is 0 Å². The molecule has 0 saturated heterocycles. The zero-order chi connectivity index (χ0) is 13.8. The Morgan fingerprint density at radius 1 is 1.37 bits per heavy atom. The van der Waals surface area contributed by atoms with Crippen LogP contribution in [0, 0.1) is 0 Å². The first-order chi connectivity index (χ1) is 9.11. The van der Waals surface area contributed by atoms with Gasteiger partial charge in [0.15, 0.2) is 0 Å². The van der Waals surface area contributed by atoms with Crippen molar-refractivity contribution < 1.29 is 9.53 Å². The lowest BCUT2D eigenvalue weighted by Crippen LogP contribution is -2.27. The largest absolute Gasteiger partial charge is 0.465 e. The fraction of sp³-hybridized carbons (Fsp3) is 0.250. The van der Waals surface area contributed by atoms with Gasteiger partial charge in [0.2, 0.25) is 0 Å². The Labute approximate surface area is 117 Å². The molecule has 100 valence electrons. The minimum absolute atomic E-state index is 0.184. The van der Waals surface area contributed by atoms with Crippen LogP contribution in [0.4, 0.5) is 0 Å². The molecule has 6 nitrogen and oxygen atoms in total. The Morgan fingerprint density at radius 2 is 2.05 bits per heavy atom. The molecule has 0 aliphatic heterocycles. The van der Waals surface area contributed by atoms with Crippen molar-refractivity contribution in [2.75, 3.05) is 6.61 Å². The van der Waals surface area contributed by atoms with Crippen LogP contribution >= 0.6 is 15.9 Å². The van der Waals surface area contributed by atoms with E-state index >= 15 is 0 Å². The topological polar surface area (TPSA) is 66.1 Å². The summed E-state index contributed by atoms with van der Waals surface area (Å²) in [6.07, 6.45) is 1.38. The summed E-state index contributed by atoms with van der Waals surface area (Å²) in [5, 5.41) is 3.89. The number of ether oxygens (including phenoxy) is 1. The molecule has 2 aromatic rings. The van der Waals surface area contributed by atoms with E-state index in [1.165, 1.54) is 10.9 Å². The van der Waals surface area contributed by atoms with Gasteiger partial charge in [-0.2, -0.15) is 5.10 Å². The molecule has 1 aromatic carbocycles. The number of aromatic nitrogens is 3. The van der Waals surface area contributed by atoms with Gasteiger partial charge in [-0.3, -0.25) is 4.79 Å². The Bertz CT molecular complexity index is 630. The van der Waals surface area contributed by atoms with Gasteiger partial charge in [0.05, 0.1) is 12.3 Å². The first kappa shape index (κ1) is 13.5. The summed E-state index contributed by atoms with van der Waals surface area (Å²) >= 11 is 3.32. The quantitative estimate of drug-likeness (QED) is 0.796. The molecule has 0 fully saturated rings. The molecule has 0 saturated carbocycles. The average Bonchev–Trinajstić information content (AvgIpc) is 2.73. The summed E-state index contributed by atoms with van der Waals surface area (Å²) in [7, 11) is 0. The highest BCUT2D eigenvalue weighted by atomic mass is 79.9. The number of hydrogen-bond acceptors (Lipinski definition) is 4. The van der Waals surface area contributed by atoms with Crippen molar-refractivity contribution >= 4 is 21.9 Å². The summed E-state index contributed by atoms with van der Waals surface area (Å²) < 4.78 is 8.13. The maximum atomic E-state index is 12.0. The Hall–Kier alpha value is -1.89. The molecule has 0 atom stereocenters. The van der Waals surface area contributed by atoms with E-state index in [0.29, 0.717) is 5.69 Å². The Balaban J connectivity index is 2.25. The molecule has 0 spiro atoms. The molecule has 0 amide bonds. The van der Waals surface area contributed by atoms with E-state index in [-0.39, 0.29) is 18.8 Å². The number of benzene rings is 1. The molecule has 7 heteroatoms. The maximum absolute atomic E-state index is 12.0. The lowest BCUT2D eigenvalue weighted by atomic mass is 10.3. The van der Waals surface area contributed by atoms with Crippen LogP contribution in [-0.4, -0.2) is 26.9 Å². The number of nitrogens with zero attached hydrogens (tertiary/aromatic N) is 3. The molecular weight excluding hydrogens is 314 g/mol. The second kappa shape index (κ2) is 5.83. The third-order valence-electron chi connectivity index (χ3n) is 2.42. The number of rotatable bonds is 4. The first-order valence-corrected chi connectivity index (χ1v) is 6.47. The highest BCUT2D eigenvalue weighted by Crippen LogP contribution is 2.12. The zero-order valence-corrected chi connectivity index (χ0v) is 11.8. The van der Waals surface area contributed by atoms with E-state index in [1.807, 2.05) is 12.1 Å². The molecular formula is C12H12BrN3O3. The van der Waals surface area contributed by atoms with E-state index < -0.39 is 5.97 Å².